The van der Waals surface area contributed by atoms with Gasteiger partial charge in [-0.2, -0.15) is 4.98 Å². The summed E-state index contributed by atoms with van der Waals surface area (Å²) < 4.78 is 21.8. The molecule has 0 unspecified atom stereocenters. The van der Waals surface area contributed by atoms with E-state index in [0.29, 0.717) is 18.6 Å². The summed E-state index contributed by atoms with van der Waals surface area (Å²) in [4.78, 5) is 21.6. The largest absolute Gasteiger partial charge is 0.444 e. The molecule has 0 spiro atoms. The fourth-order valence-corrected chi connectivity index (χ4v) is 3.01. The molecular formula is C16H20ClFN4O2. The highest BCUT2D eigenvalue weighted by atomic mass is 35.5. The number of halogens is 2. The summed E-state index contributed by atoms with van der Waals surface area (Å²) in [5, 5.41) is 0.935. The van der Waals surface area contributed by atoms with Gasteiger partial charge in [-0.05, 0) is 44.9 Å². The fraction of sp³-hybridized carbons (Fsp3) is 0.562. The first-order valence-electron chi connectivity index (χ1n) is 7.86. The van der Waals surface area contributed by atoms with Crippen molar-refractivity contribution in [1.29, 1.82) is 0 Å². The number of hydrogen-bond donors (Lipinski definition) is 0. The second-order valence-corrected chi connectivity index (χ2v) is 7.28. The van der Waals surface area contributed by atoms with E-state index in [4.69, 9.17) is 16.3 Å². The molecule has 0 bridgehead atoms. The molecule has 0 radical (unpaired) electrons. The van der Waals surface area contributed by atoms with E-state index in [2.05, 4.69) is 9.97 Å². The molecule has 24 heavy (non-hydrogen) atoms. The second kappa shape index (κ2) is 6.20. The minimum atomic E-state index is -1.21. The third-order valence-corrected chi connectivity index (χ3v) is 4.12. The van der Waals surface area contributed by atoms with Crippen molar-refractivity contribution in [3.05, 3.63) is 23.7 Å². The Morgan fingerprint density at radius 1 is 1.46 bits per heavy atom. The van der Waals surface area contributed by atoms with E-state index in [0.717, 1.165) is 5.39 Å². The zero-order valence-corrected chi connectivity index (χ0v) is 14.6. The van der Waals surface area contributed by atoms with Gasteiger partial charge in [-0.3, -0.25) is 0 Å². The van der Waals surface area contributed by atoms with Crippen LogP contribution >= 0.6 is 11.6 Å². The normalized spacial score (nSPS) is 22.0. The number of likely N-dealkylation sites (tertiary alicyclic amines) is 1. The maximum absolute atomic E-state index is 14.7. The van der Waals surface area contributed by atoms with Gasteiger partial charge in [0, 0.05) is 24.3 Å². The minimum absolute atomic E-state index is 0.00192. The molecule has 1 aliphatic rings. The van der Waals surface area contributed by atoms with Crippen LogP contribution in [0.3, 0.4) is 0 Å². The van der Waals surface area contributed by atoms with E-state index in [9.17, 15) is 9.18 Å². The molecule has 1 amide bonds. The molecular weight excluding hydrogens is 335 g/mol. The molecule has 0 aromatic carbocycles. The summed E-state index contributed by atoms with van der Waals surface area (Å²) in [6, 6.07) is 1.44. The van der Waals surface area contributed by atoms with Crippen molar-refractivity contribution in [2.45, 2.75) is 45.0 Å². The van der Waals surface area contributed by atoms with Crippen LogP contribution in [0.4, 0.5) is 9.18 Å². The summed E-state index contributed by atoms with van der Waals surface area (Å²) in [5.41, 5.74) is 0.0118. The van der Waals surface area contributed by atoms with Crippen LogP contribution in [0.5, 0.6) is 0 Å². The molecule has 2 aromatic heterocycles. The van der Waals surface area contributed by atoms with Crippen LogP contribution < -0.4 is 0 Å². The number of amides is 1. The number of ether oxygens (including phenoxy) is 1. The van der Waals surface area contributed by atoms with Gasteiger partial charge in [0.15, 0.2) is 0 Å². The number of carbonyl (C=O) groups excluding carboxylic acids is 1. The average molecular weight is 355 g/mol. The van der Waals surface area contributed by atoms with Crippen molar-refractivity contribution >= 4 is 28.7 Å². The van der Waals surface area contributed by atoms with Crippen molar-refractivity contribution < 1.29 is 13.9 Å². The zero-order chi connectivity index (χ0) is 17.5. The maximum atomic E-state index is 14.7. The molecule has 1 fully saturated rings. The molecule has 0 saturated carbocycles. The molecule has 3 heterocycles. The van der Waals surface area contributed by atoms with Crippen molar-refractivity contribution in [2.24, 2.45) is 0 Å². The van der Waals surface area contributed by atoms with E-state index < -0.39 is 23.9 Å². The lowest BCUT2D eigenvalue weighted by molar-refractivity contribution is 0.00705. The Hall–Kier alpha value is -1.89. The van der Waals surface area contributed by atoms with E-state index >= 15 is 0 Å². The van der Waals surface area contributed by atoms with E-state index in [1.807, 2.05) is 6.07 Å². The van der Waals surface area contributed by atoms with Crippen LogP contribution in [0.15, 0.2) is 18.5 Å². The van der Waals surface area contributed by atoms with Crippen LogP contribution in [0.2, 0.25) is 5.28 Å². The monoisotopic (exact) mass is 354 g/mol. The van der Waals surface area contributed by atoms with Crippen molar-refractivity contribution in [1.82, 2.24) is 19.4 Å². The minimum Gasteiger partial charge on any atom is -0.444 e. The van der Waals surface area contributed by atoms with E-state index in [1.54, 1.807) is 37.7 Å². The first kappa shape index (κ1) is 17.0. The third kappa shape index (κ3) is 3.45. The fourth-order valence-electron chi connectivity index (χ4n) is 2.88. The van der Waals surface area contributed by atoms with Crippen LogP contribution in [0, 0.1) is 0 Å². The first-order chi connectivity index (χ1) is 11.2. The third-order valence-electron chi connectivity index (χ3n) is 3.94. The number of alkyl halides is 1. The highest BCUT2D eigenvalue weighted by molar-refractivity contribution is 6.28. The molecule has 3 rings (SSSR count). The van der Waals surface area contributed by atoms with Crippen molar-refractivity contribution in [3.8, 4) is 0 Å². The van der Waals surface area contributed by atoms with Crippen LogP contribution in [0.25, 0.3) is 11.0 Å². The Labute approximate surface area is 144 Å². The summed E-state index contributed by atoms with van der Waals surface area (Å²) in [5.74, 6) is 0. The number of piperidine rings is 1. The Morgan fingerprint density at radius 2 is 2.21 bits per heavy atom. The number of rotatable bonds is 1. The molecule has 2 aromatic rings. The second-order valence-electron chi connectivity index (χ2n) is 6.94. The highest BCUT2D eigenvalue weighted by Crippen LogP contribution is 2.30. The zero-order valence-electron chi connectivity index (χ0n) is 13.9. The average Bonchev–Trinajstić information content (AvgIpc) is 2.88. The van der Waals surface area contributed by atoms with Gasteiger partial charge in [0.25, 0.3) is 0 Å². The predicted octanol–water partition coefficient (Wildman–Crippen LogP) is 3.60. The van der Waals surface area contributed by atoms with Crippen LogP contribution in [-0.2, 0) is 4.74 Å². The van der Waals surface area contributed by atoms with Crippen LogP contribution in [-0.4, -0.2) is 50.4 Å². The topological polar surface area (TPSA) is 60.2 Å². The molecule has 8 heteroatoms. The maximum Gasteiger partial charge on any atom is 0.410 e. The van der Waals surface area contributed by atoms with Gasteiger partial charge in [-0.1, -0.05) is 0 Å². The summed E-state index contributed by atoms with van der Waals surface area (Å²) in [6.07, 6.45) is 2.19. The number of aromatic nitrogens is 3. The smallest absolute Gasteiger partial charge is 0.410 e. The van der Waals surface area contributed by atoms with Gasteiger partial charge in [-0.25, -0.2) is 14.2 Å². The quantitative estimate of drug-likeness (QED) is 0.734. The lowest BCUT2D eigenvalue weighted by Gasteiger charge is -2.36. The standard InChI is InChI=1S/C16H20ClFN4O2/c1-16(2,3)24-15(23)21-6-5-12(11(18)9-21)22-7-4-10-8-19-14(17)20-13(10)22/h4,7-8,11-12H,5-6,9H2,1-3H3/t11-,12-/m1/s1. The Morgan fingerprint density at radius 3 is 2.88 bits per heavy atom. The molecule has 6 nitrogen and oxygen atoms in total. The van der Waals surface area contributed by atoms with Gasteiger partial charge in [0.05, 0.1) is 12.6 Å². The molecule has 0 aliphatic carbocycles. The van der Waals surface area contributed by atoms with E-state index in [1.165, 1.54) is 4.90 Å². The molecule has 1 saturated heterocycles. The van der Waals surface area contributed by atoms with Gasteiger partial charge in [0.2, 0.25) is 5.28 Å². The van der Waals surface area contributed by atoms with Gasteiger partial charge < -0.3 is 14.2 Å². The summed E-state index contributed by atoms with van der Waals surface area (Å²) in [6.45, 7) is 5.80. The van der Waals surface area contributed by atoms with Gasteiger partial charge in [0.1, 0.15) is 17.4 Å². The number of nitrogens with zero attached hydrogens (tertiary/aromatic N) is 4. The number of carbonyl (C=O) groups is 1. The number of hydrogen-bond acceptors (Lipinski definition) is 4. The van der Waals surface area contributed by atoms with Gasteiger partial charge in [-0.15, -0.1) is 0 Å². The SMILES string of the molecule is CC(C)(C)OC(=O)N1CC[C@@H](n2ccc3cnc(Cl)nc32)[C@H](F)C1. The molecule has 1 aliphatic heterocycles. The predicted molar refractivity (Wildman–Crippen MR) is 88.9 cm³/mol. The first-order valence-corrected chi connectivity index (χ1v) is 8.23. The summed E-state index contributed by atoms with van der Waals surface area (Å²) >= 11 is 5.85. The van der Waals surface area contributed by atoms with Crippen molar-refractivity contribution in [2.75, 3.05) is 13.1 Å². The Bertz CT molecular complexity index is 758. The number of fused-ring (bicyclic) bond motifs is 1. The van der Waals surface area contributed by atoms with E-state index in [-0.39, 0.29) is 11.8 Å². The van der Waals surface area contributed by atoms with Crippen molar-refractivity contribution in [3.63, 3.8) is 0 Å². The molecule has 130 valence electrons. The lowest BCUT2D eigenvalue weighted by Crippen LogP contribution is -2.47. The van der Waals surface area contributed by atoms with Crippen LogP contribution in [0.1, 0.15) is 33.2 Å². The van der Waals surface area contributed by atoms with Gasteiger partial charge >= 0.3 is 6.09 Å². The Balaban J connectivity index is 1.76. The Kier molecular flexibility index (Phi) is 4.38. The molecule has 2 atom stereocenters. The lowest BCUT2D eigenvalue weighted by atomic mass is 10.0. The molecule has 0 N–H and O–H groups in total. The summed E-state index contributed by atoms with van der Waals surface area (Å²) in [7, 11) is 0. The highest BCUT2D eigenvalue weighted by Gasteiger charge is 2.35.